The highest BCUT2D eigenvalue weighted by Gasteiger charge is 2.16. The molecule has 0 saturated heterocycles. The highest BCUT2D eigenvalue weighted by Crippen LogP contribution is 2.23. The Morgan fingerprint density at radius 1 is 0.964 bits per heavy atom. The standard InChI is InChI=1S/C25H27NO2/c1-4-24(23-14-13-18(2)15-19(23)3)26-25(27)21-11-8-12-22(16-21)28-17-20-9-6-5-7-10-20/h5-16,24H,4,17H2,1-3H3,(H,26,27)/t24-/m1/s1. The molecule has 0 fully saturated rings. The highest BCUT2D eigenvalue weighted by atomic mass is 16.5. The van der Waals surface area contributed by atoms with Crippen molar-refractivity contribution in [1.82, 2.24) is 5.32 Å². The third-order valence-electron chi connectivity index (χ3n) is 4.86. The lowest BCUT2D eigenvalue weighted by Crippen LogP contribution is -2.28. The molecule has 3 rings (SSSR count). The molecule has 3 aromatic rings. The van der Waals surface area contributed by atoms with Gasteiger partial charge in [-0.05, 0) is 55.2 Å². The quantitative estimate of drug-likeness (QED) is 0.571. The van der Waals surface area contributed by atoms with Gasteiger partial charge in [-0.2, -0.15) is 0 Å². The Bertz CT molecular complexity index is 934. The van der Waals surface area contributed by atoms with E-state index in [0.717, 1.165) is 17.5 Å². The minimum atomic E-state index is -0.0861. The van der Waals surface area contributed by atoms with Crippen molar-refractivity contribution in [3.05, 3.63) is 101 Å². The molecule has 0 heterocycles. The predicted octanol–water partition coefficient (Wildman–Crippen LogP) is 5.76. The lowest BCUT2D eigenvalue weighted by molar-refractivity contribution is 0.0935. The van der Waals surface area contributed by atoms with Crippen molar-refractivity contribution in [2.75, 3.05) is 0 Å². The number of aryl methyl sites for hydroxylation is 2. The van der Waals surface area contributed by atoms with Crippen LogP contribution in [0.15, 0.2) is 72.8 Å². The SMILES string of the molecule is CC[C@@H](NC(=O)c1cccc(OCc2ccccc2)c1)c1ccc(C)cc1C. The molecule has 0 bridgehead atoms. The smallest absolute Gasteiger partial charge is 0.251 e. The van der Waals surface area contributed by atoms with Gasteiger partial charge in [0.25, 0.3) is 5.91 Å². The van der Waals surface area contributed by atoms with Gasteiger partial charge in [0.15, 0.2) is 0 Å². The lowest BCUT2D eigenvalue weighted by Gasteiger charge is -2.20. The fourth-order valence-electron chi connectivity index (χ4n) is 3.33. The maximum absolute atomic E-state index is 12.8. The van der Waals surface area contributed by atoms with E-state index in [0.29, 0.717) is 17.9 Å². The van der Waals surface area contributed by atoms with Gasteiger partial charge in [0.1, 0.15) is 12.4 Å². The van der Waals surface area contributed by atoms with E-state index in [1.165, 1.54) is 11.1 Å². The number of hydrogen-bond donors (Lipinski definition) is 1. The van der Waals surface area contributed by atoms with Crippen molar-refractivity contribution in [3.63, 3.8) is 0 Å². The summed E-state index contributed by atoms with van der Waals surface area (Å²) in [6, 6.07) is 23.7. The molecule has 1 atom stereocenters. The summed E-state index contributed by atoms with van der Waals surface area (Å²) in [4.78, 5) is 12.8. The van der Waals surface area contributed by atoms with Gasteiger partial charge in [0, 0.05) is 5.56 Å². The zero-order valence-electron chi connectivity index (χ0n) is 16.7. The summed E-state index contributed by atoms with van der Waals surface area (Å²) in [6.45, 7) is 6.74. The van der Waals surface area contributed by atoms with E-state index in [-0.39, 0.29) is 11.9 Å². The minimum Gasteiger partial charge on any atom is -0.489 e. The Kier molecular flexibility index (Phi) is 6.49. The summed E-state index contributed by atoms with van der Waals surface area (Å²) in [5, 5.41) is 3.17. The van der Waals surface area contributed by atoms with Crippen LogP contribution in [0.4, 0.5) is 0 Å². The van der Waals surface area contributed by atoms with Crippen LogP contribution >= 0.6 is 0 Å². The molecule has 0 aliphatic carbocycles. The maximum atomic E-state index is 12.8. The number of carbonyl (C=O) groups excluding carboxylic acids is 1. The number of benzene rings is 3. The van der Waals surface area contributed by atoms with Crippen LogP contribution in [0.25, 0.3) is 0 Å². The molecule has 28 heavy (non-hydrogen) atoms. The molecule has 144 valence electrons. The maximum Gasteiger partial charge on any atom is 0.251 e. The second-order valence-corrected chi connectivity index (χ2v) is 7.10. The van der Waals surface area contributed by atoms with E-state index in [1.54, 1.807) is 6.07 Å². The molecule has 0 unspecified atom stereocenters. The molecule has 0 aliphatic heterocycles. The van der Waals surface area contributed by atoms with E-state index in [1.807, 2.05) is 48.5 Å². The van der Waals surface area contributed by atoms with E-state index in [2.05, 4.69) is 44.3 Å². The number of carbonyl (C=O) groups is 1. The van der Waals surface area contributed by atoms with Gasteiger partial charge in [-0.25, -0.2) is 0 Å². The zero-order valence-corrected chi connectivity index (χ0v) is 16.7. The zero-order chi connectivity index (χ0) is 19.9. The van der Waals surface area contributed by atoms with Crippen molar-refractivity contribution in [2.24, 2.45) is 0 Å². The molecule has 1 N–H and O–H groups in total. The summed E-state index contributed by atoms with van der Waals surface area (Å²) in [5.41, 5.74) is 5.29. The van der Waals surface area contributed by atoms with Gasteiger partial charge in [-0.1, -0.05) is 67.1 Å². The number of hydrogen-bond acceptors (Lipinski definition) is 2. The third kappa shape index (κ3) is 5.01. The second-order valence-electron chi connectivity index (χ2n) is 7.10. The summed E-state index contributed by atoms with van der Waals surface area (Å²) in [7, 11) is 0. The van der Waals surface area contributed by atoms with Crippen molar-refractivity contribution in [2.45, 2.75) is 39.8 Å². The summed E-state index contributed by atoms with van der Waals surface area (Å²) >= 11 is 0. The van der Waals surface area contributed by atoms with Gasteiger partial charge >= 0.3 is 0 Å². The Balaban J connectivity index is 1.69. The fourth-order valence-corrected chi connectivity index (χ4v) is 3.33. The van der Waals surface area contributed by atoms with Crippen LogP contribution in [0.5, 0.6) is 5.75 Å². The van der Waals surface area contributed by atoms with Crippen LogP contribution < -0.4 is 10.1 Å². The van der Waals surface area contributed by atoms with E-state index in [9.17, 15) is 4.79 Å². The van der Waals surface area contributed by atoms with Crippen LogP contribution in [-0.2, 0) is 6.61 Å². The first-order valence-corrected chi connectivity index (χ1v) is 9.71. The van der Waals surface area contributed by atoms with Gasteiger partial charge in [-0.3, -0.25) is 4.79 Å². The first kappa shape index (κ1) is 19.7. The van der Waals surface area contributed by atoms with Gasteiger partial charge in [-0.15, -0.1) is 0 Å². The Morgan fingerprint density at radius 3 is 2.46 bits per heavy atom. The normalized spacial score (nSPS) is 11.7. The molecule has 0 aliphatic rings. The fraction of sp³-hybridized carbons (Fsp3) is 0.240. The average Bonchev–Trinajstić information content (AvgIpc) is 2.72. The number of amides is 1. The van der Waals surface area contributed by atoms with Crippen LogP contribution in [0.1, 0.15) is 52.0 Å². The lowest BCUT2D eigenvalue weighted by atomic mass is 9.97. The van der Waals surface area contributed by atoms with E-state index < -0.39 is 0 Å². The molecule has 3 aromatic carbocycles. The van der Waals surface area contributed by atoms with Crippen molar-refractivity contribution < 1.29 is 9.53 Å². The van der Waals surface area contributed by atoms with Gasteiger partial charge < -0.3 is 10.1 Å². The predicted molar refractivity (Wildman–Crippen MR) is 114 cm³/mol. The molecule has 3 nitrogen and oxygen atoms in total. The molecule has 0 saturated carbocycles. The first-order chi connectivity index (χ1) is 13.6. The molecule has 1 amide bonds. The first-order valence-electron chi connectivity index (χ1n) is 9.71. The Labute approximate surface area is 167 Å². The van der Waals surface area contributed by atoms with Crippen LogP contribution in [0.3, 0.4) is 0 Å². The average molecular weight is 373 g/mol. The highest BCUT2D eigenvalue weighted by molar-refractivity contribution is 5.94. The molecular formula is C25H27NO2. The Hall–Kier alpha value is -3.07. The number of rotatable bonds is 7. The molecular weight excluding hydrogens is 346 g/mol. The van der Waals surface area contributed by atoms with Crippen molar-refractivity contribution >= 4 is 5.91 Å². The third-order valence-corrected chi connectivity index (χ3v) is 4.86. The Morgan fingerprint density at radius 2 is 1.75 bits per heavy atom. The molecule has 3 heteroatoms. The molecule has 0 aromatic heterocycles. The van der Waals surface area contributed by atoms with E-state index in [4.69, 9.17) is 4.74 Å². The van der Waals surface area contributed by atoms with Gasteiger partial charge in [0.05, 0.1) is 6.04 Å². The summed E-state index contributed by atoms with van der Waals surface area (Å²) in [6.07, 6.45) is 0.833. The van der Waals surface area contributed by atoms with Crippen LogP contribution in [0, 0.1) is 13.8 Å². The summed E-state index contributed by atoms with van der Waals surface area (Å²) < 4.78 is 5.85. The summed E-state index contributed by atoms with van der Waals surface area (Å²) in [5.74, 6) is 0.605. The van der Waals surface area contributed by atoms with Gasteiger partial charge in [0.2, 0.25) is 0 Å². The van der Waals surface area contributed by atoms with Crippen molar-refractivity contribution in [1.29, 1.82) is 0 Å². The topological polar surface area (TPSA) is 38.3 Å². The minimum absolute atomic E-state index is 0.0120. The van der Waals surface area contributed by atoms with Crippen molar-refractivity contribution in [3.8, 4) is 5.75 Å². The monoisotopic (exact) mass is 373 g/mol. The molecule has 0 spiro atoms. The molecule has 0 radical (unpaired) electrons. The largest absolute Gasteiger partial charge is 0.489 e. The van der Waals surface area contributed by atoms with Crippen LogP contribution in [0.2, 0.25) is 0 Å². The number of nitrogens with one attached hydrogen (secondary N) is 1. The van der Waals surface area contributed by atoms with Crippen LogP contribution in [-0.4, -0.2) is 5.91 Å². The number of ether oxygens (including phenoxy) is 1. The second kappa shape index (κ2) is 9.23. The van der Waals surface area contributed by atoms with E-state index >= 15 is 0 Å².